The van der Waals surface area contributed by atoms with E-state index in [4.69, 9.17) is 14.2 Å². The van der Waals surface area contributed by atoms with Gasteiger partial charge in [0.1, 0.15) is 13.2 Å². The molecule has 0 aromatic heterocycles. The highest BCUT2D eigenvalue weighted by Gasteiger charge is 2.19. The fraction of sp³-hybridized carbons (Fsp3) is 0.766. The van der Waals surface area contributed by atoms with Gasteiger partial charge in [-0.15, -0.1) is 0 Å². The second kappa shape index (κ2) is 58.4. The van der Waals surface area contributed by atoms with Crippen molar-refractivity contribution in [1.82, 2.24) is 0 Å². The fourth-order valence-electron chi connectivity index (χ4n) is 8.47. The third-order valence-corrected chi connectivity index (χ3v) is 12.9. The van der Waals surface area contributed by atoms with E-state index in [0.29, 0.717) is 19.3 Å². The smallest absolute Gasteiger partial charge is 0.306 e. The molecule has 6 nitrogen and oxygen atoms in total. The Bertz CT molecular complexity index is 1310. The highest BCUT2D eigenvalue weighted by atomic mass is 16.6. The van der Waals surface area contributed by atoms with E-state index in [-0.39, 0.29) is 31.1 Å². The minimum atomic E-state index is -0.780. The number of hydrogen-bond acceptors (Lipinski definition) is 6. The van der Waals surface area contributed by atoms with Crippen LogP contribution < -0.4 is 0 Å². The van der Waals surface area contributed by atoms with Gasteiger partial charge in [-0.2, -0.15) is 0 Å². The number of unbranched alkanes of at least 4 members (excludes halogenated alkanes) is 31. The molecule has 404 valence electrons. The number of carbonyl (C=O) groups is 3. The van der Waals surface area contributed by atoms with E-state index in [1.807, 2.05) is 0 Å². The van der Waals surface area contributed by atoms with Crippen molar-refractivity contribution in [1.29, 1.82) is 0 Å². The van der Waals surface area contributed by atoms with Crippen LogP contribution >= 0.6 is 0 Å². The predicted octanol–water partition coefficient (Wildman–Crippen LogP) is 20.2. The Morgan fingerprint density at radius 3 is 0.900 bits per heavy atom. The second-order valence-corrected chi connectivity index (χ2v) is 19.9. The minimum Gasteiger partial charge on any atom is -0.462 e. The average Bonchev–Trinajstić information content (AvgIpc) is 3.36. The monoisotopic (exact) mass is 977 g/mol. The molecule has 1 atom stereocenters. The molecule has 0 fully saturated rings. The van der Waals surface area contributed by atoms with Crippen molar-refractivity contribution in [2.24, 2.45) is 0 Å². The largest absolute Gasteiger partial charge is 0.462 e. The molecule has 0 aliphatic rings. The molecular weight excluding hydrogens is 865 g/mol. The van der Waals surface area contributed by atoms with Gasteiger partial charge in [-0.25, -0.2) is 0 Å². The molecule has 0 amide bonds. The molecule has 1 unspecified atom stereocenters. The molecule has 0 saturated carbocycles. The number of rotatable bonds is 54. The van der Waals surface area contributed by atoms with Crippen LogP contribution in [-0.2, 0) is 28.6 Å². The Kier molecular flexibility index (Phi) is 55.8. The highest BCUT2D eigenvalue weighted by molar-refractivity contribution is 5.71. The van der Waals surface area contributed by atoms with Gasteiger partial charge in [0.25, 0.3) is 0 Å². The second-order valence-electron chi connectivity index (χ2n) is 19.9. The lowest BCUT2D eigenvalue weighted by Gasteiger charge is -2.18. The topological polar surface area (TPSA) is 78.9 Å². The Morgan fingerprint density at radius 1 is 0.300 bits per heavy atom. The average molecular weight is 978 g/mol. The van der Waals surface area contributed by atoms with E-state index in [1.165, 1.54) is 161 Å². The molecular formula is C64H112O6. The Balaban J connectivity index is 4.32. The van der Waals surface area contributed by atoms with Crippen molar-refractivity contribution < 1.29 is 28.6 Å². The summed E-state index contributed by atoms with van der Waals surface area (Å²) >= 11 is 0. The molecule has 0 spiro atoms. The van der Waals surface area contributed by atoms with E-state index in [0.717, 1.165) is 96.3 Å². The first-order valence-corrected chi connectivity index (χ1v) is 29.9. The van der Waals surface area contributed by atoms with Crippen LogP contribution in [0.15, 0.2) is 72.9 Å². The van der Waals surface area contributed by atoms with Crippen molar-refractivity contribution in [2.75, 3.05) is 13.2 Å². The van der Waals surface area contributed by atoms with Crippen LogP contribution in [0, 0.1) is 0 Å². The van der Waals surface area contributed by atoms with E-state index in [1.54, 1.807) is 0 Å². The number of ether oxygens (including phenoxy) is 3. The maximum Gasteiger partial charge on any atom is 0.306 e. The number of carbonyl (C=O) groups excluding carboxylic acids is 3. The van der Waals surface area contributed by atoms with Crippen LogP contribution in [-0.4, -0.2) is 37.2 Å². The molecule has 0 aliphatic carbocycles. The third kappa shape index (κ3) is 55.8. The SMILES string of the molecule is CC/C=C\C/C=C\C/C=C\C/C=C\CCCCCCCCCCCCC(=O)OCC(COC(=O)CCCCCCCCCCCCCC)OC(=O)CCCCCCCCC/C=C\C/C=C\CCCCC. The molecule has 6 heteroatoms. The Hall–Kier alpha value is -3.15. The quantitative estimate of drug-likeness (QED) is 0.0261. The molecule has 0 heterocycles. The molecule has 0 aliphatic heterocycles. The molecule has 0 radical (unpaired) electrons. The first-order valence-electron chi connectivity index (χ1n) is 29.9. The van der Waals surface area contributed by atoms with Gasteiger partial charge in [-0.3, -0.25) is 14.4 Å². The van der Waals surface area contributed by atoms with Crippen molar-refractivity contribution in [2.45, 2.75) is 303 Å². The van der Waals surface area contributed by atoms with Crippen LogP contribution in [0.5, 0.6) is 0 Å². The molecule has 0 bridgehead atoms. The summed E-state index contributed by atoms with van der Waals surface area (Å²) in [7, 11) is 0. The summed E-state index contributed by atoms with van der Waals surface area (Å²) in [5.41, 5.74) is 0. The lowest BCUT2D eigenvalue weighted by atomic mass is 10.0. The first kappa shape index (κ1) is 66.9. The van der Waals surface area contributed by atoms with Crippen LogP contribution in [0.4, 0.5) is 0 Å². The summed E-state index contributed by atoms with van der Waals surface area (Å²) in [6.45, 7) is 6.52. The minimum absolute atomic E-state index is 0.0770. The summed E-state index contributed by atoms with van der Waals surface area (Å²) in [5.74, 6) is -0.878. The van der Waals surface area contributed by atoms with Crippen molar-refractivity contribution in [3.05, 3.63) is 72.9 Å². The molecule has 0 aromatic rings. The molecule has 70 heavy (non-hydrogen) atoms. The van der Waals surface area contributed by atoms with E-state index >= 15 is 0 Å². The zero-order valence-corrected chi connectivity index (χ0v) is 46.3. The Morgan fingerprint density at radius 2 is 0.557 bits per heavy atom. The van der Waals surface area contributed by atoms with E-state index in [9.17, 15) is 14.4 Å². The van der Waals surface area contributed by atoms with E-state index in [2.05, 4.69) is 93.7 Å². The van der Waals surface area contributed by atoms with Crippen molar-refractivity contribution in [3.63, 3.8) is 0 Å². The summed E-state index contributed by atoms with van der Waals surface area (Å²) in [6.07, 6.45) is 74.6. The van der Waals surface area contributed by atoms with Gasteiger partial charge in [-0.1, -0.05) is 261 Å². The lowest BCUT2D eigenvalue weighted by molar-refractivity contribution is -0.167. The maximum atomic E-state index is 12.9. The van der Waals surface area contributed by atoms with E-state index < -0.39 is 6.10 Å². The molecule has 0 aromatic carbocycles. The summed E-state index contributed by atoms with van der Waals surface area (Å²) in [6, 6.07) is 0. The van der Waals surface area contributed by atoms with Gasteiger partial charge in [0.2, 0.25) is 0 Å². The molecule has 0 saturated heterocycles. The van der Waals surface area contributed by atoms with Gasteiger partial charge in [0, 0.05) is 19.3 Å². The zero-order chi connectivity index (χ0) is 50.7. The number of hydrogen-bond donors (Lipinski definition) is 0. The number of esters is 3. The first-order chi connectivity index (χ1) is 34.5. The van der Waals surface area contributed by atoms with Crippen LogP contribution in [0.1, 0.15) is 297 Å². The third-order valence-electron chi connectivity index (χ3n) is 12.9. The van der Waals surface area contributed by atoms with Crippen molar-refractivity contribution >= 4 is 17.9 Å². The summed E-state index contributed by atoms with van der Waals surface area (Å²) < 4.78 is 16.9. The Labute approximate surface area is 433 Å². The van der Waals surface area contributed by atoms with Crippen LogP contribution in [0.3, 0.4) is 0 Å². The van der Waals surface area contributed by atoms with Crippen LogP contribution in [0.2, 0.25) is 0 Å². The maximum absolute atomic E-state index is 12.9. The van der Waals surface area contributed by atoms with Gasteiger partial charge >= 0.3 is 17.9 Å². The lowest BCUT2D eigenvalue weighted by Crippen LogP contribution is -2.30. The molecule has 0 rings (SSSR count). The van der Waals surface area contributed by atoms with Gasteiger partial charge in [0.05, 0.1) is 0 Å². The predicted molar refractivity (Wildman–Crippen MR) is 302 cm³/mol. The normalized spacial score (nSPS) is 12.6. The zero-order valence-electron chi connectivity index (χ0n) is 46.3. The van der Waals surface area contributed by atoms with Gasteiger partial charge < -0.3 is 14.2 Å². The van der Waals surface area contributed by atoms with Gasteiger partial charge in [0.15, 0.2) is 6.10 Å². The summed E-state index contributed by atoms with van der Waals surface area (Å²) in [4.78, 5) is 38.2. The fourth-order valence-corrected chi connectivity index (χ4v) is 8.47. The van der Waals surface area contributed by atoms with Crippen LogP contribution in [0.25, 0.3) is 0 Å². The van der Waals surface area contributed by atoms with Gasteiger partial charge in [-0.05, 0) is 89.9 Å². The summed E-state index contributed by atoms with van der Waals surface area (Å²) in [5, 5.41) is 0. The highest BCUT2D eigenvalue weighted by Crippen LogP contribution is 2.16. The van der Waals surface area contributed by atoms with Crippen molar-refractivity contribution in [3.8, 4) is 0 Å². The standard InChI is InChI=1S/C64H112O6/c1-4-7-10-13-16-19-22-25-27-29-30-31-32-33-34-36-37-39-42-45-48-51-54-57-63(66)69-60-61(59-68-62(65)56-53-50-47-44-41-24-21-18-15-12-9-6-3)70-64(67)58-55-52-49-46-43-40-38-35-28-26-23-20-17-14-11-8-5-2/h7,10,16-17,19-20,25-28,30-31,61H,4-6,8-9,11-15,18,21-24,29,32-60H2,1-3H3/b10-7-,19-16-,20-17-,27-25-,28-26-,31-30-. The molecule has 0 N–H and O–H groups in total. The number of allylic oxidation sites excluding steroid dienone is 12.